The summed E-state index contributed by atoms with van der Waals surface area (Å²) in [7, 11) is 20.1. The Morgan fingerprint density at radius 2 is 1.22 bits per heavy atom. The van der Waals surface area contributed by atoms with Crippen molar-refractivity contribution in [2.75, 3.05) is 0 Å². The molecule has 56 valence electrons. The Labute approximate surface area is 85.5 Å². The Bertz CT molecular complexity index is 55.3. The molecule has 0 amide bonds. The molecule has 6 heteroatoms. The van der Waals surface area contributed by atoms with E-state index < -0.39 is 12.3 Å². The summed E-state index contributed by atoms with van der Waals surface area (Å²) in [4.78, 5) is 0. The Kier molecular flexibility index (Phi) is 19.1. The van der Waals surface area contributed by atoms with Crippen LogP contribution in [0.15, 0.2) is 12.7 Å². The minimum atomic E-state index is -3.11. The molecule has 0 aliphatic heterocycles. The Hall–Kier alpha value is 2.02. The third-order valence-corrected chi connectivity index (χ3v) is 0. The van der Waals surface area contributed by atoms with Crippen molar-refractivity contribution in [1.29, 1.82) is 0 Å². The van der Waals surface area contributed by atoms with E-state index >= 15 is 0 Å². The van der Waals surface area contributed by atoms with E-state index in [1.54, 1.807) is 0 Å². The summed E-state index contributed by atoms with van der Waals surface area (Å²) in [5.74, 6) is 0. The molecule has 0 rings (SSSR count). The topological polar surface area (TPSA) is 0 Å². The Morgan fingerprint density at radius 3 is 1.22 bits per heavy atom. The van der Waals surface area contributed by atoms with Crippen molar-refractivity contribution < 1.29 is 12.3 Å². The Morgan fingerprint density at radius 1 is 1.22 bits per heavy atom. The molecule has 0 atom stereocenters. The molecule has 0 saturated heterocycles. The van der Waals surface area contributed by atoms with Crippen LogP contribution in [-0.4, -0.2) is 17.4 Å². The van der Waals surface area contributed by atoms with E-state index in [1.165, 1.54) is 6.08 Å². The number of hydrogen-bond acceptors (Lipinski definition) is 0. The molecular weight excluding hydrogens is 253 g/mol. The first-order valence-electron chi connectivity index (χ1n) is 1.57. The fourth-order valence-electron chi connectivity index (χ4n) is 0. The summed E-state index contributed by atoms with van der Waals surface area (Å²) in [5, 5.41) is 0. The van der Waals surface area contributed by atoms with Gasteiger partial charge in [-0.25, -0.2) is 19.6 Å². The predicted molar refractivity (Wildman–Crippen MR) is 48.9 cm³/mol. The van der Waals surface area contributed by atoms with Gasteiger partial charge in [0.15, 0.2) is 17.4 Å². The second-order valence-corrected chi connectivity index (χ2v) is 16.2. The Balaban J connectivity index is -0.0000000800. The average Bonchev–Trinajstić information content (AvgIpc) is 1.27. The first-order valence-corrected chi connectivity index (χ1v) is 10.2. The van der Waals surface area contributed by atoms with E-state index in [1.807, 2.05) is 0 Å². The van der Waals surface area contributed by atoms with Gasteiger partial charge in [0.05, 0.1) is 0 Å². The van der Waals surface area contributed by atoms with Crippen LogP contribution in [0.2, 0.25) is 0 Å². The van der Waals surface area contributed by atoms with Crippen molar-refractivity contribution in [2.45, 2.75) is 0 Å². The van der Waals surface area contributed by atoms with E-state index in [-0.39, 0.29) is 17.4 Å². The zero-order chi connectivity index (χ0) is 7.21. The molecule has 9 heavy (non-hydrogen) atoms. The maximum atomic E-state index is 5.01. The maximum absolute atomic E-state index is 5.01. The number of halogens is 4. The van der Waals surface area contributed by atoms with E-state index in [0.717, 1.165) is 0 Å². The third kappa shape index (κ3) is 158. The summed E-state index contributed by atoms with van der Waals surface area (Å²) < 4.78 is 0. The molecule has 0 aliphatic carbocycles. The molecular formula is C3H8AlCl4Ti-. The first-order chi connectivity index (χ1) is 3.41. The van der Waals surface area contributed by atoms with Crippen LogP contribution in [0.25, 0.3) is 0 Å². The van der Waals surface area contributed by atoms with Crippen LogP contribution >= 0.6 is 37.2 Å². The van der Waals surface area contributed by atoms with Crippen LogP contribution in [0.4, 0.5) is 0 Å². The van der Waals surface area contributed by atoms with E-state index in [0.29, 0.717) is 0 Å². The van der Waals surface area contributed by atoms with Gasteiger partial charge in [0.25, 0.3) is 0 Å². The number of allylic oxidation sites excluding steroid dienone is 1. The van der Waals surface area contributed by atoms with Gasteiger partial charge in [-0.3, -0.25) is 0 Å². The SMILES string of the molecule is C=C[CH2-].[AlH3].[Cl][Ti]([Cl])([Cl])[Cl]. The van der Waals surface area contributed by atoms with E-state index in [4.69, 9.17) is 37.2 Å². The quantitative estimate of drug-likeness (QED) is 0.464. The van der Waals surface area contributed by atoms with Gasteiger partial charge in [-0.15, -0.1) is 0 Å². The molecule has 0 fully saturated rings. The molecule has 0 saturated carbocycles. The van der Waals surface area contributed by atoms with Crippen LogP contribution in [0.3, 0.4) is 0 Å². The van der Waals surface area contributed by atoms with Crippen molar-refractivity contribution in [3.8, 4) is 0 Å². The third-order valence-electron chi connectivity index (χ3n) is 0. The first kappa shape index (κ1) is 17.2. The summed E-state index contributed by atoms with van der Waals surface area (Å²) in [6.07, 6.45) is 1.50. The normalized spacial score (nSPS) is 8.00. The fraction of sp³-hybridized carbons (Fsp3) is 0. The minimum absolute atomic E-state index is 0. The number of rotatable bonds is 0. The molecule has 0 aliphatic rings. The zero-order valence-corrected chi connectivity index (χ0v) is 8.59. The van der Waals surface area contributed by atoms with Gasteiger partial charge < -0.3 is 0 Å². The average molecular weight is 261 g/mol. The molecule has 0 aromatic rings. The van der Waals surface area contributed by atoms with Crippen LogP contribution in [0.1, 0.15) is 0 Å². The fourth-order valence-corrected chi connectivity index (χ4v) is 0. The molecule has 0 unspecified atom stereocenters. The van der Waals surface area contributed by atoms with Gasteiger partial charge in [0.1, 0.15) is 0 Å². The van der Waals surface area contributed by atoms with Gasteiger partial charge in [-0.1, -0.05) is 0 Å². The molecule has 0 aromatic carbocycles. The molecule has 0 spiro atoms. The molecule has 0 aromatic heterocycles. The molecule has 0 radical (unpaired) electrons. The van der Waals surface area contributed by atoms with Gasteiger partial charge in [0, 0.05) is 0 Å². The predicted octanol–water partition coefficient (Wildman–Crippen LogP) is 2.58. The van der Waals surface area contributed by atoms with Crippen LogP contribution in [-0.2, 0) is 12.3 Å². The van der Waals surface area contributed by atoms with E-state index in [9.17, 15) is 0 Å². The van der Waals surface area contributed by atoms with Gasteiger partial charge in [-0.2, -0.15) is 0 Å². The van der Waals surface area contributed by atoms with Crippen LogP contribution in [0, 0.1) is 6.92 Å². The van der Waals surface area contributed by atoms with Crippen molar-refractivity contribution in [3.05, 3.63) is 19.6 Å². The van der Waals surface area contributed by atoms with E-state index in [2.05, 4.69) is 13.5 Å². The second-order valence-electron chi connectivity index (χ2n) is 0.717. The molecule has 0 bridgehead atoms. The number of hydrogen-bond donors (Lipinski definition) is 0. The summed E-state index contributed by atoms with van der Waals surface area (Å²) in [6, 6.07) is 0. The van der Waals surface area contributed by atoms with Crippen molar-refractivity contribution in [1.82, 2.24) is 0 Å². The van der Waals surface area contributed by atoms with Crippen LogP contribution < -0.4 is 0 Å². The summed E-state index contributed by atoms with van der Waals surface area (Å²) in [5.41, 5.74) is 0. The summed E-state index contributed by atoms with van der Waals surface area (Å²) >= 11 is -3.11. The zero-order valence-electron chi connectivity index (χ0n) is 4.00. The van der Waals surface area contributed by atoms with Crippen molar-refractivity contribution in [3.63, 3.8) is 0 Å². The van der Waals surface area contributed by atoms with Crippen molar-refractivity contribution in [2.24, 2.45) is 0 Å². The molecule has 0 nitrogen and oxygen atoms in total. The van der Waals surface area contributed by atoms with Gasteiger partial charge in [-0.05, 0) is 0 Å². The van der Waals surface area contributed by atoms with Gasteiger partial charge in [0.2, 0.25) is 0 Å². The monoisotopic (exact) mass is 259 g/mol. The molecule has 0 N–H and O–H groups in total. The standard InChI is InChI=1S/C3H5.Al.4ClH.Ti.3H/c1-3-2;;;;;;;;;/h3H,1-2H2;;4*1H;;;;/q-1;;;;;;+4;;;/p-4. The van der Waals surface area contributed by atoms with Gasteiger partial charge >= 0.3 is 49.6 Å². The second kappa shape index (κ2) is 10.0. The molecule has 0 heterocycles. The van der Waals surface area contributed by atoms with Crippen molar-refractivity contribution >= 4 is 54.6 Å². The summed E-state index contributed by atoms with van der Waals surface area (Å²) in [6.45, 7) is 6.50. The van der Waals surface area contributed by atoms with Crippen LogP contribution in [0.5, 0.6) is 0 Å².